The standard InChI is InChI=1S/C23H26N6O4/c1-32-20-18(33-14-16(30)13-28-9-3-10-28)6-5-17-19(20)26-23(29-11-8-25-21(17)29)27-22(31)15-4-2-7-24-12-15/h2,4-7,12,16,25,30H,3,8-11,13-14H2,1H3/t16-/m0/s1. The summed E-state index contributed by atoms with van der Waals surface area (Å²) >= 11 is 0. The molecule has 2 aliphatic rings. The summed E-state index contributed by atoms with van der Waals surface area (Å²) in [6.45, 7) is 4.10. The van der Waals surface area contributed by atoms with Crippen molar-refractivity contribution < 1.29 is 19.4 Å². The Morgan fingerprint density at radius 3 is 2.91 bits per heavy atom. The van der Waals surface area contributed by atoms with Gasteiger partial charge in [-0.2, -0.15) is 4.99 Å². The molecule has 172 valence electrons. The summed E-state index contributed by atoms with van der Waals surface area (Å²) in [4.78, 5) is 27.8. The van der Waals surface area contributed by atoms with E-state index in [0.717, 1.165) is 24.3 Å². The predicted molar refractivity (Wildman–Crippen MR) is 121 cm³/mol. The van der Waals surface area contributed by atoms with E-state index in [2.05, 4.69) is 25.2 Å². The van der Waals surface area contributed by atoms with Crippen molar-refractivity contribution in [1.82, 2.24) is 19.4 Å². The summed E-state index contributed by atoms with van der Waals surface area (Å²) in [7, 11) is 1.55. The van der Waals surface area contributed by atoms with Crippen LogP contribution in [-0.2, 0) is 6.54 Å². The average Bonchev–Trinajstić information content (AvgIpc) is 3.31. The van der Waals surface area contributed by atoms with Gasteiger partial charge < -0.3 is 24.8 Å². The van der Waals surface area contributed by atoms with Crippen LogP contribution in [0.4, 0.5) is 5.82 Å². The fraction of sp³-hybridized carbons (Fsp3) is 0.391. The third-order valence-corrected chi connectivity index (χ3v) is 5.86. The van der Waals surface area contributed by atoms with E-state index in [0.29, 0.717) is 42.2 Å². The molecule has 2 aliphatic heterocycles. The highest BCUT2D eigenvalue weighted by atomic mass is 16.5. The first-order valence-corrected chi connectivity index (χ1v) is 11.0. The lowest BCUT2D eigenvalue weighted by atomic mass is 10.2. The molecule has 1 atom stereocenters. The minimum Gasteiger partial charge on any atom is -0.491 e. The smallest absolute Gasteiger partial charge is 0.281 e. The highest BCUT2D eigenvalue weighted by molar-refractivity contribution is 5.96. The maximum absolute atomic E-state index is 12.7. The molecule has 1 saturated heterocycles. The zero-order valence-electron chi connectivity index (χ0n) is 18.4. The molecular weight excluding hydrogens is 424 g/mol. The number of methoxy groups -OCH3 is 1. The molecule has 0 bridgehead atoms. The van der Waals surface area contributed by atoms with E-state index in [1.807, 2.05) is 16.7 Å². The Hall–Kier alpha value is -3.50. The summed E-state index contributed by atoms with van der Waals surface area (Å²) in [6, 6.07) is 7.08. The van der Waals surface area contributed by atoms with Gasteiger partial charge in [-0.15, -0.1) is 0 Å². The molecule has 33 heavy (non-hydrogen) atoms. The Morgan fingerprint density at radius 1 is 1.30 bits per heavy atom. The van der Waals surface area contributed by atoms with E-state index in [1.165, 1.54) is 12.6 Å². The number of β-amino-alcohol motifs (C(OH)–C–C–N with tert-alkyl or cyclic N) is 1. The minimum absolute atomic E-state index is 0.146. The second-order valence-corrected chi connectivity index (χ2v) is 8.11. The maximum Gasteiger partial charge on any atom is 0.281 e. The van der Waals surface area contributed by atoms with Gasteiger partial charge in [-0.05, 0) is 43.8 Å². The lowest BCUT2D eigenvalue weighted by Gasteiger charge is -2.32. The molecule has 2 aromatic heterocycles. The van der Waals surface area contributed by atoms with Crippen molar-refractivity contribution in [3.8, 4) is 11.5 Å². The van der Waals surface area contributed by atoms with Crippen LogP contribution in [0.1, 0.15) is 16.8 Å². The number of nitrogens with one attached hydrogen (secondary N) is 1. The van der Waals surface area contributed by atoms with Crippen molar-refractivity contribution in [1.29, 1.82) is 0 Å². The Labute approximate surface area is 190 Å². The number of aromatic nitrogens is 3. The van der Waals surface area contributed by atoms with Crippen molar-refractivity contribution in [3.63, 3.8) is 0 Å². The molecule has 10 heteroatoms. The van der Waals surface area contributed by atoms with Gasteiger partial charge in [0.2, 0.25) is 5.62 Å². The number of benzene rings is 1. The molecule has 0 aliphatic carbocycles. The number of carbonyl (C=O) groups excluding carboxylic acids is 1. The monoisotopic (exact) mass is 450 g/mol. The van der Waals surface area contributed by atoms with Crippen LogP contribution in [0.5, 0.6) is 11.5 Å². The van der Waals surface area contributed by atoms with E-state index in [1.54, 1.807) is 25.4 Å². The van der Waals surface area contributed by atoms with Crippen LogP contribution in [0.15, 0.2) is 41.7 Å². The number of rotatable bonds is 7. The molecule has 1 fully saturated rings. The Balaban J connectivity index is 1.51. The Bertz CT molecular complexity index is 1240. The first-order chi connectivity index (χ1) is 16.1. The number of nitrogens with zero attached hydrogens (tertiary/aromatic N) is 5. The molecule has 0 spiro atoms. The topological polar surface area (TPSA) is 114 Å². The number of hydrogen-bond donors (Lipinski definition) is 2. The minimum atomic E-state index is -0.599. The van der Waals surface area contributed by atoms with Crippen LogP contribution in [0.3, 0.4) is 0 Å². The molecule has 2 N–H and O–H groups in total. The largest absolute Gasteiger partial charge is 0.491 e. The summed E-state index contributed by atoms with van der Waals surface area (Å²) in [6.07, 6.45) is 3.66. The third kappa shape index (κ3) is 4.27. The zero-order valence-corrected chi connectivity index (χ0v) is 18.4. The first kappa shape index (κ1) is 21.4. The molecule has 5 rings (SSSR count). The number of hydrogen-bond acceptors (Lipinski definition) is 8. The van der Waals surface area contributed by atoms with E-state index in [9.17, 15) is 9.90 Å². The lowest BCUT2D eigenvalue weighted by molar-refractivity contribution is 0.0461. The van der Waals surface area contributed by atoms with Crippen molar-refractivity contribution in [3.05, 3.63) is 47.8 Å². The number of likely N-dealkylation sites (tertiary alicyclic amines) is 1. The fourth-order valence-electron chi connectivity index (χ4n) is 4.09. The molecule has 10 nitrogen and oxygen atoms in total. The van der Waals surface area contributed by atoms with E-state index >= 15 is 0 Å². The van der Waals surface area contributed by atoms with Gasteiger partial charge in [-0.25, -0.2) is 4.98 Å². The quantitative estimate of drug-likeness (QED) is 0.549. The highest BCUT2D eigenvalue weighted by Crippen LogP contribution is 2.37. The number of ether oxygens (including phenoxy) is 2. The third-order valence-electron chi connectivity index (χ3n) is 5.86. The number of aliphatic hydroxyl groups is 1. The van der Waals surface area contributed by atoms with Crippen molar-refractivity contribution >= 4 is 22.6 Å². The Morgan fingerprint density at radius 2 is 2.18 bits per heavy atom. The fourth-order valence-corrected chi connectivity index (χ4v) is 4.09. The first-order valence-electron chi connectivity index (χ1n) is 11.0. The maximum atomic E-state index is 12.7. The van der Waals surface area contributed by atoms with Crippen LogP contribution in [0.25, 0.3) is 10.9 Å². The van der Waals surface area contributed by atoms with E-state index in [-0.39, 0.29) is 12.2 Å². The number of fused-ring (bicyclic) bond motifs is 3. The van der Waals surface area contributed by atoms with Gasteiger partial charge in [0, 0.05) is 37.4 Å². The highest BCUT2D eigenvalue weighted by Gasteiger charge is 2.22. The van der Waals surface area contributed by atoms with Crippen LogP contribution >= 0.6 is 0 Å². The Kier molecular flexibility index (Phi) is 5.93. The van der Waals surface area contributed by atoms with Gasteiger partial charge in [-0.1, -0.05) is 0 Å². The van der Waals surface area contributed by atoms with E-state index < -0.39 is 12.0 Å². The molecule has 1 aromatic carbocycles. The molecule has 0 unspecified atom stereocenters. The zero-order chi connectivity index (χ0) is 22.8. The molecular formula is C23H26N6O4. The van der Waals surface area contributed by atoms with Gasteiger partial charge in [0.25, 0.3) is 5.91 Å². The van der Waals surface area contributed by atoms with Crippen molar-refractivity contribution in [2.24, 2.45) is 4.99 Å². The summed E-state index contributed by atoms with van der Waals surface area (Å²) in [5, 5.41) is 14.5. The van der Waals surface area contributed by atoms with Crippen molar-refractivity contribution in [2.75, 3.05) is 45.2 Å². The normalized spacial score (nSPS) is 16.7. The van der Waals surface area contributed by atoms with Gasteiger partial charge in [0.05, 0.1) is 12.7 Å². The van der Waals surface area contributed by atoms with Crippen LogP contribution in [0, 0.1) is 0 Å². The lowest BCUT2D eigenvalue weighted by Crippen LogP contribution is -2.43. The van der Waals surface area contributed by atoms with Crippen LogP contribution in [0.2, 0.25) is 0 Å². The summed E-state index contributed by atoms with van der Waals surface area (Å²) in [5.41, 5.74) is 1.20. The number of anilines is 1. The number of amides is 1. The number of carbonyl (C=O) groups is 1. The van der Waals surface area contributed by atoms with Crippen molar-refractivity contribution in [2.45, 2.75) is 19.1 Å². The number of pyridine rings is 1. The van der Waals surface area contributed by atoms with E-state index in [4.69, 9.17) is 9.47 Å². The van der Waals surface area contributed by atoms with Gasteiger partial charge in [-0.3, -0.25) is 14.3 Å². The van der Waals surface area contributed by atoms with Gasteiger partial charge >= 0.3 is 0 Å². The molecule has 0 saturated carbocycles. The predicted octanol–water partition coefficient (Wildman–Crippen LogP) is 1.05. The van der Waals surface area contributed by atoms with Crippen LogP contribution in [-0.4, -0.2) is 76.4 Å². The second-order valence-electron chi connectivity index (χ2n) is 8.11. The average molecular weight is 450 g/mol. The van der Waals surface area contributed by atoms with Crippen LogP contribution < -0.4 is 20.4 Å². The molecule has 0 radical (unpaired) electrons. The number of aliphatic hydroxyl groups excluding tert-OH is 1. The molecule has 4 heterocycles. The summed E-state index contributed by atoms with van der Waals surface area (Å²) < 4.78 is 13.4. The summed E-state index contributed by atoms with van der Waals surface area (Å²) in [5.74, 6) is 1.32. The second kappa shape index (κ2) is 9.16. The van der Waals surface area contributed by atoms with Gasteiger partial charge in [0.1, 0.15) is 24.0 Å². The SMILES string of the molecule is COc1c(OC[C@@H](O)CN2CCC2)ccc2c3n(c(=NC(=O)c4cccnc4)nc12)CCN3. The van der Waals surface area contributed by atoms with Gasteiger partial charge in [0.15, 0.2) is 11.5 Å². The molecule has 1 amide bonds. The molecule has 3 aromatic rings.